The van der Waals surface area contributed by atoms with E-state index < -0.39 is 0 Å². The molecule has 2 rings (SSSR count). The van der Waals surface area contributed by atoms with Gasteiger partial charge in [-0.25, -0.2) is 0 Å². The van der Waals surface area contributed by atoms with E-state index in [4.69, 9.17) is 9.47 Å². The number of ether oxygens (including phenoxy) is 2. The predicted octanol–water partition coefficient (Wildman–Crippen LogP) is 3.80. The second kappa shape index (κ2) is 5.74. The van der Waals surface area contributed by atoms with Gasteiger partial charge in [-0.3, -0.25) is 4.79 Å². The number of rotatable bonds is 4. The van der Waals surface area contributed by atoms with Gasteiger partial charge in [0, 0.05) is 10.8 Å². The number of hydrogen-bond donors (Lipinski definition) is 0. The zero-order valence-electron chi connectivity index (χ0n) is 11.5. The molecule has 0 aliphatic rings. The van der Waals surface area contributed by atoms with Crippen LogP contribution in [0.15, 0.2) is 36.4 Å². The van der Waals surface area contributed by atoms with Crippen LogP contribution >= 0.6 is 0 Å². The molecule has 0 bridgehead atoms. The second-order valence-corrected chi connectivity index (χ2v) is 4.54. The van der Waals surface area contributed by atoms with Gasteiger partial charge in [0.25, 0.3) is 0 Å². The summed E-state index contributed by atoms with van der Waals surface area (Å²) in [5.41, 5.74) is 0. The first-order chi connectivity index (χ1) is 9.17. The lowest BCUT2D eigenvalue weighted by molar-refractivity contribution is -0.138. The lowest BCUT2D eigenvalue weighted by atomic mass is 10.1. The fraction of sp³-hybridized carbons (Fsp3) is 0.312. The molecule has 0 radical (unpaired) electrons. The first-order valence-electron chi connectivity index (χ1n) is 6.44. The fourth-order valence-corrected chi connectivity index (χ4v) is 1.89. The Kier molecular flexibility index (Phi) is 4.05. The largest absolute Gasteiger partial charge is 0.496 e. The number of carbonyl (C=O) groups is 1. The van der Waals surface area contributed by atoms with Crippen molar-refractivity contribution in [3.8, 4) is 11.5 Å². The Bertz CT molecular complexity index is 590. The fourth-order valence-electron chi connectivity index (χ4n) is 1.89. The summed E-state index contributed by atoms with van der Waals surface area (Å²) < 4.78 is 10.8. The van der Waals surface area contributed by atoms with Crippen molar-refractivity contribution < 1.29 is 14.3 Å². The molecule has 0 aromatic heterocycles. The highest BCUT2D eigenvalue weighted by atomic mass is 16.5. The maximum Gasteiger partial charge on any atom is 0.314 e. The average Bonchev–Trinajstić information content (AvgIpc) is 2.46. The molecule has 0 heterocycles. The molecule has 1 unspecified atom stereocenters. The molecular weight excluding hydrogens is 240 g/mol. The van der Waals surface area contributed by atoms with Gasteiger partial charge in [-0.2, -0.15) is 0 Å². The summed E-state index contributed by atoms with van der Waals surface area (Å²) in [5, 5.41) is 1.83. The molecule has 19 heavy (non-hydrogen) atoms. The van der Waals surface area contributed by atoms with Crippen LogP contribution in [0.2, 0.25) is 0 Å². The smallest absolute Gasteiger partial charge is 0.314 e. The molecule has 2 aromatic rings. The number of carbonyl (C=O) groups excluding carboxylic acids is 1. The van der Waals surface area contributed by atoms with E-state index in [0.717, 1.165) is 22.9 Å². The van der Waals surface area contributed by atoms with E-state index in [-0.39, 0.29) is 11.9 Å². The zero-order valence-corrected chi connectivity index (χ0v) is 11.5. The van der Waals surface area contributed by atoms with Crippen LogP contribution in [0.5, 0.6) is 11.5 Å². The molecule has 0 spiro atoms. The van der Waals surface area contributed by atoms with Crippen LogP contribution in [0.1, 0.15) is 20.3 Å². The summed E-state index contributed by atoms with van der Waals surface area (Å²) in [7, 11) is 1.63. The van der Waals surface area contributed by atoms with Crippen LogP contribution in [-0.4, -0.2) is 13.1 Å². The van der Waals surface area contributed by atoms with Gasteiger partial charge in [0.1, 0.15) is 11.5 Å². The van der Waals surface area contributed by atoms with E-state index in [9.17, 15) is 4.79 Å². The van der Waals surface area contributed by atoms with Crippen molar-refractivity contribution in [1.29, 1.82) is 0 Å². The molecule has 0 saturated heterocycles. The molecule has 3 heteroatoms. The second-order valence-electron chi connectivity index (χ2n) is 4.54. The molecule has 0 amide bonds. The van der Waals surface area contributed by atoms with E-state index in [2.05, 4.69) is 0 Å². The number of benzene rings is 2. The summed E-state index contributed by atoms with van der Waals surface area (Å²) in [6, 6.07) is 11.3. The lowest BCUT2D eigenvalue weighted by Crippen LogP contribution is -2.17. The molecule has 0 aliphatic carbocycles. The maximum atomic E-state index is 11.9. The van der Waals surface area contributed by atoms with E-state index in [1.54, 1.807) is 7.11 Å². The van der Waals surface area contributed by atoms with Crippen LogP contribution in [0, 0.1) is 5.92 Å². The Hall–Kier alpha value is -2.03. The Morgan fingerprint density at radius 2 is 1.68 bits per heavy atom. The Morgan fingerprint density at radius 1 is 1.11 bits per heavy atom. The molecule has 0 saturated carbocycles. The van der Waals surface area contributed by atoms with Gasteiger partial charge in [0.05, 0.1) is 13.0 Å². The third-order valence-corrected chi connectivity index (χ3v) is 3.29. The molecule has 0 fully saturated rings. The summed E-state index contributed by atoms with van der Waals surface area (Å²) in [6.45, 7) is 3.84. The Balaban J connectivity index is 2.42. The van der Waals surface area contributed by atoms with Gasteiger partial charge in [-0.15, -0.1) is 0 Å². The van der Waals surface area contributed by atoms with Crippen LogP contribution in [0.4, 0.5) is 0 Å². The van der Waals surface area contributed by atoms with E-state index in [1.807, 2.05) is 50.2 Å². The van der Waals surface area contributed by atoms with Crippen molar-refractivity contribution in [3.63, 3.8) is 0 Å². The van der Waals surface area contributed by atoms with Crippen molar-refractivity contribution in [3.05, 3.63) is 36.4 Å². The summed E-state index contributed by atoms with van der Waals surface area (Å²) in [6.07, 6.45) is 0.771. The van der Waals surface area contributed by atoms with E-state index >= 15 is 0 Å². The molecule has 0 aliphatic heterocycles. The third kappa shape index (κ3) is 2.70. The average molecular weight is 258 g/mol. The lowest BCUT2D eigenvalue weighted by Gasteiger charge is -2.12. The standard InChI is InChI=1S/C16H18O3/c1-4-11(2)16(17)19-15-10-6-7-12-13(15)8-5-9-14(12)18-3/h5-11H,4H2,1-3H3. The van der Waals surface area contributed by atoms with Crippen molar-refractivity contribution in [2.24, 2.45) is 5.92 Å². The number of fused-ring (bicyclic) bond motifs is 1. The van der Waals surface area contributed by atoms with Gasteiger partial charge in [0.2, 0.25) is 0 Å². The molecular formula is C16H18O3. The number of hydrogen-bond acceptors (Lipinski definition) is 3. The third-order valence-electron chi connectivity index (χ3n) is 3.29. The Labute approximate surface area is 113 Å². The van der Waals surface area contributed by atoms with Crippen molar-refractivity contribution in [1.82, 2.24) is 0 Å². The summed E-state index contributed by atoms with van der Waals surface area (Å²) in [4.78, 5) is 11.9. The van der Waals surface area contributed by atoms with E-state index in [0.29, 0.717) is 5.75 Å². The van der Waals surface area contributed by atoms with Crippen LogP contribution < -0.4 is 9.47 Å². The van der Waals surface area contributed by atoms with Crippen LogP contribution in [0.25, 0.3) is 10.8 Å². The summed E-state index contributed by atoms with van der Waals surface area (Å²) in [5.74, 6) is 1.07. The molecule has 2 aromatic carbocycles. The highest BCUT2D eigenvalue weighted by Crippen LogP contribution is 2.32. The van der Waals surface area contributed by atoms with Gasteiger partial charge in [-0.05, 0) is 18.6 Å². The molecule has 100 valence electrons. The first-order valence-corrected chi connectivity index (χ1v) is 6.44. The first kappa shape index (κ1) is 13.4. The molecule has 0 N–H and O–H groups in total. The topological polar surface area (TPSA) is 35.5 Å². The number of methoxy groups -OCH3 is 1. The minimum atomic E-state index is -0.196. The van der Waals surface area contributed by atoms with Crippen molar-refractivity contribution in [2.75, 3.05) is 7.11 Å². The highest BCUT2D eigenvalue weighted by molar-refractivity contribution is 5.94. The van der Waals surface area contributed by atoms with Crippen molar-refractivity contribution >= 4 is 16.7 Å². The van der Waals surface area contributed by atoms with Crippen LogP contribution in [0.3, 0.4) is 0 Å². The number of esters is 1. The molecule has 1 atom stereocenters. The highest BCUT2D eigenvalue weighted by Gasteiger charge is 2.15. The SMILES string of the molecule is CCC(C)C(=O)Oc1cccc2c(OC)cccc12. The Morgan fingerprint density at radius 3 is 2.26 bits per heavy atom. The summed E-state index contributed by atoms with van der Waals surface area (Å²) >= 11 is 0. The minimum absolute atomic E-state index is 0.0964. The normalized spacial score (nSPS) is 12.2. The van der Waals surface area contributed by atoms with Gasteiger partial charge in [0.15, 0.2) is 0 Å². The maximum absolute atomic E-state index is 11.9. The zero-order chi connectivity index (χ0) is 13.8. The van der Waals surface area contributed by atoms with Gasteiger partial charge < -0.3 is 9.47 Å². The quantitative estimate of drug-likeness (QED) is 0.618. The minimum Gasteiger partial charge on any atom is -0.496 e. The monoisotopic (exact) mass is 258 g/mol. The predicted molar refractivity (Wildman–Crippen MR) is 75.6 cm³/mol. The van der Waals surface area contributed by atoms with Crippen LogP contribution in [-0.2, 0) is 4.79 Å². The van der Waals surface area contributed by atoms with Gasteiger partial charge in [-0.1, -0.05) is 38.1 Å². The molecule has 3 nitrogen and oxygen atoms in total. The van der Waals surface area contributed by atoms with Crippen molar-refractivity contribution in [2.45, 2.75) is 20.3 Å². The van der Waals surface area contributed by atoms with E-state index in [1.165, 1.54) is 0 Å². The van der Waals surface area contributed by atoms with Gasteiger partial charge >= 0.3 is 5.97 Å².